The number of phenolic OH excluding ortho intramolecular Hbond substituents is 2. The molecule has 24 heavy (non-hydrogen) atoms. The second kappa shape index (κ2) is 6.93. The molecule has 3 N–H and O–H groups in total. The summed E-state index contributed by atoms with van der Waals surface area (Å²) < 4.78 is 0. The quantitative estimate of drug-likeness (QED) is 0.424. The molecule has 0 amide bonds. The zero-order valence-corrected chi connectivity index (χ0v) is 14.6. The molecule has 0 aliphatic heterocycles. The van der Waals surface area contributed by atoms with E-state index in [4.69, 9.17) is 34.8 Å². The van der Waals surface area contributed by atoms with Crippen LogP contribution >= 0.6 is 34.8 Å². The Kier molecular flexibility index (Phi) is 4.90. The minimum atomic E-state index is -0.326. The van der Waals surface area contributed by atoms with Crippen LogP contribution < -0.4 is 5.32 Å². The van der Waals surface area contributed by atoms with Crippen molar-refractivity contribution in [2.45, 2.75) is 6.42 Å². The molecule has 1 heterocycles. The van der Waals surface area contributed by atoms with Crippen molar-refractivity contribution >= 4 is 51.4 Å². The lowest BCUT2D eigenvalue weighted by atomic mass is 10.1. The van der Waals surface area contributed by atoms with E-state index in [0.29, 0.717) is 18.5 Å². The second-order valence-corrected chi connectivity index (χ2v) is 6.34. The summed E-state index contributed by atoms with van der Waals surface area (Å²) >= 11 is 17.7. The fraction of sp³-hybridized carbons (Fsp3) is 0.118. The fourth-order valence-corrected chi connectivity index (χ4v) is 3.14. The summed E-state index contributed by atoms with van der Waals surface area (Å²) in [5, 5.41) is 23.9. The zero-order valence-electron chi connectivity index (χ0n) is 12.4. The number of hydrogen-bond donors (Lipinski definition) is 3. The van der Waals surface area contributed by atoms with E-state index in [1.165, 1.54) is 0 Å². The Morgan fingerprint density at radius 3 is 2.50 bits per heavy atom. The fourth-order valence-electron chi connectivity index (χ4n) is 2.43. The Bertz CT molecular complexity index is 887. The number of aromatic nitrogens is 1. The SMILES string of the molecule is Oc1c(Cl)c(Cl)c(O)c(CCNc2ccc3ncccc3c2)c1Cl. The first-order valence-electron chi connectivity index (χ1n) is 7.15. The van der Waals surface area contributed by atoms with Crippen molar-refractivity contribution in [1.82, 2.24) is 4.98 Å². The van der Waals surface area contributed by atoms with Gasteiger partial charge in [0.25, 0.3) is 0 Å². The largest absolute Gasteiger partial charge is 0.506 e. The first kappa shape index (κ1) is 17.0. The minimum Gasteiger partial charge on any atom is -0.506 e. The molecule has 0 saturated carbocycles. The molecule has 1 aromatic heterocycles. The number of nitrogens with one attached hydrogen (secondary N) is 1. The second-order valence-electron chi connectivity index (χ2n) is 5.21. The van der Waals surface area contributed by atoms with Gasteiger partial charge < -0.3 is 15.5 Å². The highest BCUT2D eigenvalue weighted by atomic mass is 35.5. The van der Waals surface area contributed by atoms with E-state index < -0.39 is 0 Å². The molecule has 0 bridgehead atoms. The molecule has 0 saturated heterocycles. The maximum atomic E-state index is 10.1. The van der Waals surface area contributed by atoms with Crippen LogP contribution in [0, 0.1) is 0 Å². The van der Waals surface area contributed by atoms with Crippen LogP contribution in [0.25, 0.3) is 10.9 Å². The standard InChI is InChI=1S/C17H13Cl3N2O2/c18-13-11(16(23)14(19)15(20)17(13)24)5-7-21-10-3-4-12-9(8-10)2-1-6-22-12/h1-4,6,8,21,23-24H,5,7H2. The zero-order chi connectivity index (χ0) is 17.3. The highest BCUT2D eigenvalue weighted by Crippen LogP contribution is 2.46. The normalized spacial score (nSPS) is 11.0. The Hall–Kier alpha value is -1.88. The van der Waals surface area contributed by atoms with Crippen LogP contribution in [0.4, 0.5) is 5.69 Å². The smallest absolute Gasteiger partial charge is 0.154 e. The molecule has 0 fully saturated rings. The lowest BCUT2D eigenvalue weighted by Gasteiger charge is -2.13. The van der Waals surface area contributed by atoms with Gasteiger partial charge in [-0.05, 0) is 30.7 Å². The number of halogens is 3. The number of rotatable bonds is 4. The van der Waals surface area contributed by atoms with Gasteiger partial charge in [0.05, 0.1) is 10.5 Å². The van der Waals surface area contributed by atoms with Gasteiger partial charge in [-0.15, -0.1) is 0 Å². The summed E-state index contributed by atoms with van der Waals surface area (Å²) in [7, 11) is 0. The molecule has 0 spiro atoms. The Labute approximate surface area is 153 Å². The molecule has 0 aliphatic rings. The molecule has 124 valence electrons. The average Bonchev–Trinajstić information content (AvgIpc) is 2.61. The van der Waals surface area contributed by atoms with E-state index in [-0.39, 0.29) is 26.6 Å². The van der Waals surface area contributed by atoms with Gasteiger partial charge in [-0.25, -0.2) is 0 Å². The van der Waals surface area contributed by atoms with E-state index in [2.05, 4.69) is 10.3 Å². The van der Waals surface area contributed by atoms with Gasteiger partial charge in [0.1, 0.15) is 15.8 Å². The van der Waals surface area contributed by atoms with E-state index in [1.807, 2.05) is 30.3 Å². The summed E-state index contributed by atoms with van der Waals surface area (Å²) in [6.45, 7) is 0.483. The van der Waals surface area contributed by atoms with Gasteiger partial charge in [0.15, 0.2) is 5.75 Å². The van der Waals surface area contributed by atoms with Crippen molar-refractivity contribution in [1.29, 1.82) is 0 Å². The molecule has 4 nitrogen and oxygen atoms in total. The molecule has 0 atom stereocenters. The number of anilines is 1. The van der Waals surface area contributed by atoms with Gasteiger partial charge in [-0.1, -0.05) is 40.9 Å². The molecule has 0 radical (unpaired) electrons. The maximum Gasteiger partial charge on any atom is 0.154 e. The molecule has 2 aromatic carbocycles. The first-order chi connectivity index (χ1) is 11.5. The number of aromatic hydroxyl groups is 2. The molecule has 0 unspecified atom stereocenters. The third kappa shape index (κ3) is 3.18. The van der Waals surface area contributed by atoms with Gasteiger partial charge in [0, 0.05) is 29.4 Å². The van der Waals surface area contributed by atoms with Crippen molar-refractivity contribution in [3.05, 3.63) is 57.2 Å². The Balaban J connectivity index is 1.76. The third-order valence-electron chi connectivity index (χ3n) is 3.67. The van der Waals surface area contributed by atoms with Crippen LogP contribution in [0.3, 0.4) is 0 Å². The topological polar surface area (TPSA) is 65.4 Å². The van der Waals surface area contributed by atoms with E-state index in [0.717, 1.165) is 16.6 Å². The van der Waals surface area contributed by atoms with Crippen LogP contribution in [0.15, 0.2) is 36.5 Å². The predicted molar refractivity (Wildman–Crippen MR) is 98.7 cm³/mol. The Morgan fingerprint density at radius 1 is 0.958 bits per heavy atom. The van der Waals surface area contributed by atoms with Crippen molar-refractivity contribution in [3.63, 3.8) is 0 Å². The molecule has 3 rings (SSSR count). The summed E-state index contributed by atoms with van der Waals surface area (Å²) in [5.74, 6) is -0.540. The van der Waals surface area contributed by atoms with Crippen LogP contribution in [0.5, 0.6) is 11.5 Å². The van der Waals surface area contributed by atoms with Crippen molar-refractivity contribution in [2.24, 2.45) is 0 Å². The van der Waals surface area contributed by atoms with Crippen molar-refractivity contribution in [2.75, 3.05) is 11.9 Å². The van der Waals surface area contributed by atoms with Crippen LogP contribution in [-0.4, -0.2) is 21.7 Å². The van der Waals surface area contributed by atoms with Crippen LogP contribution in [0.2, 0.25) is 15.1 Å². The van der Waals surface area contributed by atoms with E-state index >= 15 is 0 Å². The average molecular weight is 384 g/mol. The molecular weight excluding hydrogens is 371 g/mol. The van der Waals surface area contributed by atoms with Gasteiger partial charge in [-0.3, -0.25) is 4.98 Å². The van der Waals surface area contributed by atoms with Gasteiger partial charge >= 0.3 is 0 Å². The van der Waals surface area contributed by atoms with Crippen LogP contribution in [0.1, 0.15) is 5.56 Å². The predicted octanol–water partition coefficient (Wildman–Crippen LogP) is 5.26. The molecule has 7 heteroatoms. The maximum absolute atomic E-state index is 10.1. The number of phenols is 2. The molecular formula is C17H13Cl3N2O2. The summed E-state index contributed by atoms with van der Waals surface area (Å²) in [5.41, 5.74) is 2.17. The minimum absolute atomic E-state index is 0.00594. The van der Waals surface area contributed by atoms with E-state index in [1.54, 1.807) is 6.20 Å². The number of hydrogen-bond acceptors (Lipinski definition) is 4. The van der Waals surface area contributed by atoms with Crippen LogP contribution in [-0.2, 0) is 6.42 Å². The lowest BCUT2D eigenvalue weighted by molar-refractivity contribution is 0.455. The van der Waals surface area contributed by atoms with Crippen molar-refractivity contribution in [3.8, 4) is 11.5 Å². The highest BCUT2D eigenvalue weighted by Gasteiger charge is 2.20. The lowest BCUT2D eigenvalue weighted by Crippen LogP contribution is -2.06. The monoisotopic (exact) mass is 382 g/mol. The third-order valence-corrected chi connectivity index (χ3v) is 4.91. The summed E-state index contributed by atoms with van der Waals surface area (Å²) in [6.07, 6.45) is 2.11. The molecule has 0 aliphatic carbocycles. The highest BCUT2D eigenvalue weighted by molar-refractivity contribution is 6.46. The first-order valence-corrected chi connectivity index (χ1v) is 8.28. The number of fused-ring (bicyclic) bond motifs is 1. The van der Waals surface area contributed by atoms with Gasteiger partial charge in [0.2, 0.25) is 0 Å². The van der Waals surface area contributed by atoms with Crippen molar-refractivity contribution < 1.29 is 10.2 Å². The summed E-state index contributed by atoms with van der Waals surface area (Å²) in [6, 6.07) is 9.68. The summed E-state index contributed by atoms with van der Waals surface area (Å²) in [4.78, 5) is 4.27. The number of pyridine rings is 1. The van der Waals surface area contributed by atoms with E-state index in [9.17, 15) is 10.2 Å². The van der Waals surface area contributed by atoms with Gasteiger partial charge in [-0.2, -0.15) is 0 Å². The molecule has 3 aromatic rings. The Morgan fingerprint density at radius 2 is 1.71 bits per heavy atom. The number of benzene rings is 2. The number of nitrogens with zero attached hydrogens (tertiary/aromatic N) is 1.